The molecule has 1 spiro atoms. The van der Waals surface area contributed by atoms with Gasteiger partial charge in [-0.05, 0) is 30.6 Å². The van der Waals surface area contributed by atoms with E-state index in [1.807, 2.05) is 13.8 Å². The van der Waals surface area contributed by atoms with Gasteiger partial charge in [-0.25, -0.2) is 0 Å². The third-order valence-corrected chi connectivity index (χ3v) is 6.34. The molecule has 3 aliphatic carbocycles. The van der Waals surface area contributed by atoms with Crippen LogP contribution in [0, 0.1) is 29.1 Å². The Bertz CT molecular complexity index is 417. The molecule has 2 bridgehead atoms. The van der Waals surface area contributed by atoms with Gasteiger partial charge in [0.1, 0.15) is 11.6 Å². The van der Waals surface area contributed by atoms with Gasteiger partial charge in [0.2, 0.25) is 0 Å². The van der Waals surface area contributed by atoms with Gasteiger partial charge >= 0.3 is 0 Å². The van der Waals surface area contributed by atoms with E-state index in [1.54, 1.807) is 0 Å². The molecule has 0 saturated heterocycles. The predicted octanol–water partition coefficient (Wildman–Crippen LogP) is 3.60. The highest BCUT2D eigenvalue weighted by Gasteiger charge is 2.64. The van der Waals surface area contributed by atoms with Crippen molar-refractivity contribution in [2.24, 2.45) is 29.1 Å². The van der Waals surface area contributed by atoms with Gasteiger partial charge in [0, 0.05) is 29.6 Å². The highest BCUT2D eigenvalue weighted by Crippen LogP contribution is 2.63. The van der Waals surface area contributed by atoms with Crippen LogP contribution in [0.1, 0.15) is 52.4 Å². The van der Waals surface area contributed by atoms with Crippen LogP contribution < -0.4 is 0 Å². The van der Waals surface area contributed by atoms with Crippen molar-refractivity contribution in [2.45, 2.75) is 57.7 Å². The minimum Gasteiger partial charge on any atom is -0.299 e. The Morgan fingerprint density at radius 1 is 1.37 bits per heavy atom. The molecule has 0 N–H and O–H groups in total. The number of carbonyl (C=O) groups is 2. The maximum absolute atomic E-state index is 12.7. The van der Waals surface area contributed by atoms with Gasteiger partial charge in [0.25, 0.3) is 0 Å². The van der Waals surface area contributed by atoms with Crippen LogP contribution in [-0.4, -0.2) is 16.9 Å². The van der Waals surface area contributed by atoms with Gasteiger partial charge in [-0.2, -0.15) is 0 Å². The maximum atomic E-state index is 12.7. The first kappa shape index (κ1) is 13.6. The van der Waals surface area contributed by atoms with Crippen LogP contribution in [0.4, 0.5) is 0 Å². The van der Waals surface area contributed by atoms with Crippen LogP contribution in [0.3, 0.4) is 0 Å². The number of hydrogen-bond donors (Lipinski definition) is 0. The molecule has 0 aliphatic heterocycles. The van der Waals surface area contributed by atoms with Gasteiger partial charge in [-0.15, -0.1) is 11.6 Å². The zero-order valence-electron chi connectivity index (χ0n) is 11.8. The normalized spacial score (nSPS) is 45.4. The molecular weight excluding hydrogens is 260 g/mol. The van der Waals surface area contributed by atoms with E-state index < -0.39 is 0 Å². The number of Topliss-reactive ketones (excluding diaryl/α,β-unsaturated/α-hetero) is 2. The van der Waals surface area contributed by atoms with E-state index in [2.05, 4.69) is 0 Å². The van der Waals surface area contributed by atoms with Gasteiger partial charge in [0.15, 0.2) is 0 Å². The second-order valence-corrected chi connectivity index (χ2v) is 7.69. The van der Waals surface area contributed by atoms with Crippen LogP contribution in [0.5, 0.6) is 0 Å². The molecule has 2 nitrogen and oxygen atoms in total. The first-order valence-corrected chi connectivity index (χ1v) is 8.11. The van der Waals surface area contributed by atoms with Gasteiger partial charge in [-0.1, -0.05) is 26.7 Å². The van der Waals surface area contributed by atoms with Crippen LogP contribution >= 0.6 is 11.6 Å². The minimum absolute atomic E-state index is 0.0137. The summed E-state index contributed by atoms with van der Waals surface area (Å²) in [5.74, 6) is 0.794. The van der Waals surface area contributed by atoms with E-state index in [4.69, 9.17) is 11.6 Å². The SMILES string of the molecule is CC(C)C(=O)[C@H]1[C@H]2C(=O)C[C@@]13CCCC[C@@H]3C[C@@H]2Cl. The fraction of sp³-hybridized carbons (Fsp3) is 0.875. The highest BCUT2D eigenvalue weighted by atomic mass is 35.5. The smallest absolute Gasteiger partial charge is 0.139 e. The van der Waals surface area contributed by atoms with Crippen molar-refractivity contribution in [3.8, 4) is 0 Å². The van der Waals surface area contributed by atoms with E-state index in [0.717, 1.165) is 19.3 Å². The molecular formula is C16H23ClO2. The summed E-state index contributed by atoms with van der Waals surface area (Å²) in [5.41, 5.74) is -0.0211. The summed E-state index contributed by atoms with van der Waals surface area (Å²) < 4.78 is 0. The number of ketones is 2. The molecule has 3 rings (SSSR count). The quantitative estimate of drug-likeness (QED) is 0.725. The molecule has 0 radical (unpaired) electrons. The molecule has 0 amide bonds. The average molecular weight is 283 g/mol. The van der Waals surface area contributed by atoms with E-state index in [1.165, 1.54) is 12.8 Å². The Labute approximate surface area is 120 Å². The molecule has 0 aromatic carbocycles. The molecule has 3 heteroatoms. The van der Waals surface area contributed by atoms with Crippen LogP contribution in [0.2, 0.25) is 0 Å². The van der Waals surface area contributed by atoms with E-state index >= 15 is 0 Å². The second kappa shape index (κ2) is 4.58. The van der Waals surface area contributed by atoms with Crippen molar-refractivity contribution < 1.29 is 9.59 Å². The molecule has 106 valence electrons. The summed E-state index contributed by atoms with van der Waals surface area (Å²) in [6.07, 6.45) is 6.19. The first-order chi connectivity index (χ1) is 8.97. The van der Waals surface area contributed by atoms with Crippen LogP contribution in [0.25, 0.3) is 0 Å². The van der Waals surface area contributed by atoms with Crippen molar-refractivity contribution in [1.29, 1.82) is 0 Å². The molecule has 0 unspecified atom stereocenters. The van der Waals surface area contributed by atoms with Gasteiger partial charge < -0.3 is 0 Å². The minimum atomic E-state index is -0.189. The summed E-state index contributed by atoms with van der Waals surface area (Å²) in [4.78, 5) is 25.1. The lowest BCUT2D eigenvalue weighted by atomic mass is 9.54. The summed E-state index contributed by atoms with van der Waals surface area (Å²) in [7, 11) is 0. The third-order valence-electron chi connectivity index (χ3n) is 5.89. The molecule has 5 atom stereocenters. The molecule has 3 aliphatic rings. The third kappa shape index (κ3) is 1.82. The number of carbonyl (C=O) groups excluding carboxylic acids is 2. The van der Waals surface area contributed by atoms with Crippen molar-refractivity contribution >= 4 is 23.2 Å². The van der Waals surface area contributed by atoms with Gasteiger partial charge in [-0.3, -0.25) is 9.59 Å². The van der Waals surface area contributed by atoms with Crippen molar-refractivity contribution in [2.75, 3.05) is 0 Å². The van der Waals surface area contributed by atoms with Crippen LogP contribution in [-0.2, 0) is 9.59 Å². The molecule has 3 fully saturated rings. The molecule has 0 aromatic rings. The Morgan fingerprint density at radius 3 is 2.79 bits per heavy atom. The summed E-state index contributed by atoms with van der Waals surface area (Å²) >= 11 is 6.49. The fourth-order valence-corrected chi connectivity index (χ4v) is 5.58. The topological polar surface area (TPSA) is 34.1 Å². The lowest BCUT2D eigenvalue weighted by molar-refractivity contribution is -0.137. The number of rotatable bonds is 2. The Morgan fingerprint density at radius 2 is 2.11 bits per heavy atom. The summed E-state index contributed by atoms with van der Waals surface area (Å²) in [6.45, 7) is 3.91. The Kier molecular flexibility index (Phi) is 3.28. The molecule has 3 saturated carbocycles. The Hall–Kier alpha value is -0.370. The Balaban J connectivity index is 2.04. The van der Waals surface area contributed by atoms with E-state index in [0.29, 0.717) is 12.3 Å². The molecule has 0 aromatic heterocycles. The van der Waals surface area contributed by atoms with Crippen molar-refractivity contribution in [3.05, 3.63) is 0 Å². The van der Waals surface area contributed by atoms with Crippen molar-refractivity contribution in [3.63, 3.8) is 0 Å². The van der Waals surface area contributed by atoms with E-state index in [9.17, 15) is 9.59 Å². The second-order valence-electron chi connectivity index (χ2n) is 7.13. The summed E-state index contributed by atoms with van der Waals surface area (Å²) in [5, 5.41) is -0.112. The number of fused-ring (bicyclic) bond motifs is 1. The maximum Gasteiger partial charge on any atom is 0.139 e. The van der Waals surface area contributed by atoms with Crippen molar-refractivity contribution in [1.82, 2.24) is 0 Å². The summed E-state index contributed by atoms with van der Waals surface area (Å²) in [6, 6.07) is 0. The number of alkyl halides is 1. The predicted molar refractivity (Wildman–Crippen MR) is 75.1 cm³/mol. The van der Waals surface area contributed by atoms with Crippen LogP contribution in [0.15, 0.2) is 0 Å². The monoisotopic (exact) mass is 282 g/mol. The fourth-order valence-electron chi connectivity index (χ4n) is 5.08. The van der Waals surface area contributed by atoms with Gasteiger partial charge in [0.05, 0.1) is 0 Å². The lowest BCUT2D eigenvalue weighted by Gasteiger charge is -2.50. The standard InChI is InChI=1S/C16H23ClO2/c1-9(2)15(19)14-13-11(17)7-10-5-3-4-6-16(10,14)8-12(13)18/h9-11,13-14H,3-8H2,1-2H3/t10-,11+,13-,14-,16-/m1/s1. The zero-order valence-corrected chi connectivity index (χ0v) is 12.6. The first-order valence-electron chi connectivity index (χ1n) is 7.68. The number of halogens is 1. The lowest BCUT2D eigenvalue weighted by Crippen LogP contribution is -2.50. The highest BCUT2D eigenvalue weighted by molar-refractivity contribution is 6.23. The molecule has 19 heavy (non-hydrogen) atoms. The number of hydrogen-bond acceptors (Lipinski definition) is 2. The zero-order chi connectivity index (χ0) is 13.8. The van der Waals surface area contributed by atoms with E-state index in [-0.39, 0.29) is 40.1 Å². The molecule has 0 heterocycles. The largest absolute Gasteiger partial charge is 0.299 e. The average Bonchev–Trinajstić information content (AvgIpc) is 2.58.